The minimum absolute atomic E-state index is 0.0827. The highest BCUT2D eigenvalue weighted by atomic mass is 16.5. The first kappa shape index (κ1) is 22.0. The number of nitrogens with zero attached hydrogens (tertiary/aromatic N) is 3. The molecule has 2 aliphatic rings. The van der Waals surface area contributed by atoms with Crippen molar-refractivity contribution in [3.8, 4) is 11.1 Å². The van der Waals surface area contributed by atoms with Crippen LogP contribution in [-0.2, 0) is 18.3 Å². The molecule has 2 fully saturated rings. The third-order valence-corrected chi connectivity index (χ3v) is 7.28. The average Bonchev–Trinajstić information content (AvgIpc) is 3.29. The van der Waals surface area contributed by atoms with Gasteiger partial charge < -0.3 is 14.6 Å². The first-order chi connectivity index (χ1) is 16.2. The Morgan fingerprint density at radius 3 is 2.45 bits per heavy atom. The highest BCUT2D eigenvalue weighted by Gasteiger charge is 2.24. The molecule has 0 spiro atoms. The molecule has 2 aromatic heterocycles. The van der Waals surface area contributed by atoms with Crippen molar-refractivity contribution >= 4 is 5.69 Å². The normalized spacial score (nSPS) is 21.7. The van der Waals surface area contributed by atoms with Crippen molar-refractivity contribution in [3.05, 3.63) is 70.9 Å². The van der Waals surface area contributed by atoms with Gasteiger partial charge in [-0.3, -0.25) is 9.48 Å². The van der Waals surface area contributed by atoms with Crippen LogP contribution in [0.4, 0.5) is 5.69 Å². The summed E-state index contributed by atoms with van der Waals surface area (Å²) in [6.45, 7) is 2.32. The molecule has 0 atom stereocenters. The van der Waals surface area contributed by atoms with E-state index < -0.39 is 0 Å². The van der Waals surface area contributed by atoms with Gasteiger partial charge in [-0.2, -0.15) is 5.10 Å². The van der Waals surface area contributed by atoms with Crippen LogP contribution in [-0.4, -0.2) is 33.6 Å². The highest BCUT2D eigenvalue weighted by molar-refractivity contribution is 5.65. The molecular weight excluding hydrogens is 412 g/mol. The Labute approximate surface area is 195 Å². The third kappa shape index (κ3) is 5.22. The summed E-state index contributed by atoms with van der Waals surface area (Å²) in [4.78, 5) is 13.4. The Hall–Kier alpha value is -2.86. The summed E-state index contributed by atoms with van der Waals surface area (Å²) in [5.41, 5.74) is 4.31. The number of benzene rings is 1. The van der Waals surface area contributed by atoms with Crippen molar-refractivity contribution in [2.75, 3.05) is 18.5 Å². The minimum Gasteiger partial charge on any atom is -0.381 e. The summed E-state index contributed by atoms with van der Waals surface area (Å²) in [6, 6.07) is 13.2. The van der Waals surface area contributed by atoms with Crippen LogP contribution in [0.15, 0.2) is 59.8 Å². The molecule has 0 unspecified atom stereocenters. The van der Waals surface area contributed by atoms with Crippen LogP contribution in [0.1, 0.15) is 50.0 Å². The number of hydrogen-bond acceptors (Lipinski definition) is 4. The number of hydrogen-bond donors (Lipinski definition) is 1. The molecule has 0 radical (unpaired) electrons. The molecule has 0 amide bonds. The molecule has 1 aliphatic carbocycles. The summed E-state index contributed by atoms with van der Waals surface area (Å²) in [5.74, 6) is 1.10. The summed E-state index contributed by atoms with van der Waals surface area (Å²) in [6.07, 6.45) is 12.4. The van der Waals surface area contributed by atoms with Crippen LogP contribution in [0, 0.1) is 5.92 Å². The van der Waals surface area contributed by atoms with Crippen LogP contribution in [0.5, 0.6) is 0 Å². The van der Waals surface area contributed by atoms with E-state index in [1.807, 2.05) is 36.3 Å². The fraction of sp³-hybridized carbons (Fsp3) is 0.481. The number of anilines is 1. The molecule has 5 rings (SSSR count). The molecule has 0 bridgehead atoms. The SMILES string of the molecule is Cn1cc(-c2cc(N[C@H]3CC[C@@H](c4ccccc4)CC3)c(=O)n(CC3CCOCC3)c2)cn1. The van der Waals surface area contributed by atoms with E-state index in [1.165, 1.54) is 5.56 Å². The van der Waals surface area contributed by atoms with E-state index in [4.69, 9.17) is 4.74 Å². The van der Waals surface area contributed by atoms with Crippen LogP contribution in [0.25, 0.3) is 11.1 Å². The van der Waals surface area contributed by atoms with Gasteiger partial charge in [-0.15, -0.1) is 0 Å². The number of aromatic nitrogens is 3. The molecule has 1 aromatic carbocycles. The quantitative estimate of drug-likeness (QED) is 0.590. The fourth-order valence-corrected chi connectivity index (χ4v) is 5.33. The number of aryl methyl sites for hydroxylation is 1. The number of rotatable bonds is 6. The first-order valence-electron chi connectivity index (χ1n) is 12.3. The van der Waals surface area contributed by atoms with Crippen molar-refractivity contribution in [2.45, 2.75) is 57.0 Å². The van der Waals surface area contributed by atoms with E-state index in [1.54, 1.807) is 4.68 Å². The fourth-order valence-electron chi connectivity index (χ4n) is 5.33. The smallest absolute Gasteiger partial charge is 0.273 e. The van der Waals surface area contributed by atoms with Crippen molar-refractivity contribution < 1.29 is 4.74 Å². The van der Waals surface area contributed by atoms with E-state index in [0.29, 0.717) is 23.6 Å². The summed E-state index contributed by atoms with van der Waals surface area (Å²) >= 11 is 0. The Bertz CT molecular complexity index is 1110. The molecule has 1 N–H and O–H groups in total. The second-order valence-corrected chi connectivity index (χ2v) is 9.66. The molecule has 1 aliphatic heterocycles. The van der Waals surface area contributed by atoms with E-state index in [2.05, 4.69) is 40.7 Å². The summed E-state index contributed by atoms with van der Waals surface area (Å²) in [5, 5.41) is 7.97. The van der Waals surface area contributed by atoms with Gasteiger partial charge in [0, 0.05) is 56.4 Å². The Morgan fingerprint density at radius 2 is 1.76 bits per heavy atom. The van der Waals surface area contributed by atoms with Crippen LogP contribution in [0.2, 0.25) is 0 Å². The molecule has 6 nitrogen and oxygen atoms in total. The Kier molecular flexibility index (Phi) is 6.63. The van der Waals surface area contributed by atoms with E-state index >= 15 is 0 Å². The van der Waals surface area contributed by atoms with Crippen molar-refractivity contribution in [1.29, 1.82) is 0 Å². The lowest BCUT2D eigenvalue weighted by molar-refractivity contribution is 0.0610. The predicted octanol–water partition coefficient (Wildman–Crippen LogP) is 4.81. The number of pyridine rings is 1. The molecule has 6 heteroatoms. The van der Waals surface area contributed by atoms with Crippen LogP contribution in [0.3, 0.4) is 0 Å². The second kappa shape index (κ2) is 9.96. The minimum atomic E-state index is 0.0827. The summed E-state index contributed by atoms with van der Waals surface area (Å²) < 4.78 is 9.24. The Balaban J connectivity index is 1.35. The number of nitrogens with one attached hydrogen (secondary N) is 1. The molecule has 3 aromatic rings. The first-order valence-corrected chi connectivity index (χ1v) is 12.3. The molecule has 1 saturated heterocycles. The third-order valence-electron chi connectivity index (χ3n) is 7.28. The maximum Gasteiger partial charge on any atom is 0.273 e. The summed E-state index contributed by atoms with van der Waals surface area (Å²) in [7, 11) is 1.92. The van der Waals surface area contributed by atoms with E-state index in [-0.39, 0.29) is 5.56 Å². The van der Waals surface area contributed by atoms with Gasteiger partial charge in [-0.25, -0.2) is 0 Å². The predicted molar refractivity (Wildman–Crippen MR) is 132 cm³/mol. The lowest BCUT2D eigenvalue weighted by atomic mass is 9.82. The zero-order valence-corrected chi connectivity index (χ0v) is 19.5. The van der Waals surface area contributed by atoms with E-state index in [9.17, 15) is 4.79 Å². The average molecular weight is 447 g/mol. The van der Waals surface area contributed by atoms with Gasteiger partial charge in [0.25, 0.3) is 5.56 Å². The van der Waals surface area contributed by atoms with Gasteiger partial charge in [0.1, 0.15) is 5.69 Å². The van der Waals surface area contributed by atoms with Gasteiger partial charge in [0.2, 0.25) is 0 Å². The van der Waals surface area contributed by atoms with Crippen molar-refractivity contribution in [1.82, 2.24) is 14.3 Å². The van der Waals surface area contributed by atoms with Gasteiger partial charge in [-0.05, 0) is 62.0 Å². The highest BCUT2D eigenvalue weighted by Crippen LogP contribution is 2.34. The zero-order valence-electron chi connectivity index (χ0n) is 19.5. The van der Waals surface area contributed by atoms with Crippen molar-refractivity contribution in [2.24, 2.45) is 13.0 Å². The molecular formula is C27H34N4O2. The molecule has 1 saturated carbocycles. The maximum atomic E-state index is 13.4. The number of ether oxygens (including phenoxy) is 1. The second-order valence-electron chi connectivity index (χ2n) is 9.66. The van der Waals surface area contributed by atoms with Gasteiger partial charge >= 0.3 is 0 Å². The van der Waals surface area contributed by atoms with Gasteiger partial charge in [0.05, 0.1) is 6.20 Å². The zero-order chi connectivity index (χ0) is 22.6. The standard InChI is InChI=1S/C27H34N4O2/c1-30-18-24(16-28-30)23-15-26(27(32)31(19-23)17-20-11-13-33-14-12-20)29-25-9-7-22(8-10-25)21-5-3-2-4-6-21/h2-6,15-16,18-20,22,25,29H,7-14,17H2,1H3/t22-,25+. The monoisotopic (exact) mass is 446 g/mol. The lowest BCUT2D eigenvalue weighted by Gasteiger charge is -2.30. The topological polar surface area (TPSA) is 61.1 Å². The van der Waals surface area contributed by atoms with Gasteiger partial charge in [-0.1, -0.05) is 30.3 Å². The van der Waals surface area contributed by atoms with Gasteiger partial charge in [0.15, 0.2) is 0 Å². The van der Waals surface area contributed by atoms with Crippen LogP contribution < -0.4 is 10.9 Å². The molecule has 3 heterocycles. The molecule has 174 valence electrons. The Morgan fingerprint density at radius 1 is 1.00 bits per heavy atom. The van der Waals surface area contributed by atoms with Crippen molar-refractivity contribution in [3.63, 3.8) is 0 Å². The lowest BCUT2D eigenvalue weighted by Crippen LogP contribution is -2.32. The van der Waals surface area contributed by atoms with E-state index in [0.717, 1.165) is 69.4 Å². The maximum absolute atomic E-state index is 13.4. The molecule has 33 heavy (non-hydrogen) atoms. The van der Waals surface area contributed by atoms with Crippen LogP contribution >= 0.6 is 0 Å². The largest absolute Gasteiger partial charge is 0.381 e.